The lowest BCUT2D eigenvalue weighted by atomic mass is 9.95. The monoisotopic (exact) mass is 262 g/mol. The fourth-order valence-electron chi connectivity index (χ4n) is 2.07. The van der Waals surface area contributed by atoms with Gasteiger partial charge in [0.05, 0.1) is 5.71 Å². The molecule has 0 bridgehead atoms. The van der Waals surface area contributed by atoms with E-state index in [0.717, 1.165) is 12.8 Å². The number of nitrogens with one attached hydrogen (secondary N) is 1. The Morgan fingerprint density at radius 3 is 2.89 bits per heavy atom. The van der Waals surface area contributed by atoms with Crippen molar-refractivity contribution in [2.75, 3.05) is 0 Å². The van der Waals surface area contributed by atoms with Gasteiger partial charge in [0.25, 0.3) is 5.91 Å². The first-order valence-corrected chi connectivity index (χ1v) is 6.39. The summed E-state index contributed by atoms with van der Waals surface area (Å²) in [7, 11) is 0. The molecule has 5 heteroatoms. The fraction of sp³-hybridized carbons (Fsp3) is 0.429. The van der Waals surface area contributed by atoms with E-state index in [2.05, 4.69) is 10.5 Å². The minimum atomic E-state index is -1.03. The van der Waals surface area contributed by atoms with E-state index in [1.165, 1.54) is 6.07 Å². The molecule has 2 aliphatic rings. The van der Waals surface area contributed by atoms with Gasteiger partial charge in [-0.05, 0) is 25.8 Å². The molecule has 1 aromatic rings. The summed E-state index contributed by atoms with van der Waals surface area (Å²) in [6.07, 6.45) is 2.32. The summed E-state index contributed by atoms with van der Waals surface area (Å²) >= 11 is 0. The smallest absolute Gasteiger partial charge is 0.267 e. The molecule has 3 rings (SSSR count). The lowest BCUT2D eigenvalue weighted by Crippen LogP contribution is -2.45. The van der Waals surface area contributed by atoms with Crippen LogP contribution >= 0.6 is 0 Å². The molecule has 1 unspecified atom stereocenters. The number of nitrogens with zero attached hydrogens (tertiary/aromatic N) is 1. The average molecular weight is 262 g/mol. The van der Waals surface area contributed by atoms with Crippen molar-refractivity contribution in [2.24, 2.45) is 5.16 Å². The number of halogens is 1. The first kappa shape index (κ1) is 12.1. The van der Waals surface area contributed by atoms with Crippen LogP contribution in [0.4, 0.5) is 4.39 Å². The molecule has 4 nitrogen and oxygen atoms in total. The van der Waals surface area contributed by atoms with Crippen molar-refractivity contribution in [3.05, 3.63) is 35.6 Å². The quantitative estimate of drug-likeness (QED) is 0.905. The number of hydrogen-bond donors (Lipinski definition) is 1. The van der Waals surface area contributed by atoms with Gasteiger partial charge in [-0.2, -0.15) is 0 Å². The van der Waals surface area contributed by atoms with Crippen molar-refractivity contribution < 1.29 is 14.0 Å². The van der Waals surface area contributed by atoms with Crippen molar-refractivity contribution in [1.82, 2.24) is 5.32 Å². The van der Waals surface area contributed by atoms with Crippen molar-refractivity contribution in [1.29, 1.82) is 0 Å². The van der Waals surface area contributed by atoms with Crippen LogP contribution in [0.3, 0.4) is 0 Å². The van der Waals surface area contributed by atoms with Crippen LogP contribution in [0.5, 0.6) is 0 Å². The van der Waals surface area contributed by atoms with Crippen LogP contribution in [0.2, 0.25) is 0 Å². The molecular formula is C14H15FN2O2. The zero-order chi connectivity index (χ0) is 13.5. The number of oxime groups is 1. The van der Waals surface area contributed by atoms with Crippen molar-refractivity contribution >= 4 is 11.6 Å². The minimum Gasteiger partial charge on any atom is -0.379 e. The summed E-state index contributed by atoms with van der Waals surface area (Å²) in [6.45, 7) is 1.68. The van der Waals surface area contributed by atoms with Crippen molar-refractivity contribution in [3.8, 4) is 0 Å². The van der Waals surface area contributed by atoms with Crippen molar-refractivity contribution in [3.63, 3.8) is 0 Å². The third-order valence-corrected chi connectivity index (χ3v) is 3.44. The van der Waals surface area contributed by atoms with E-state index in [0.29, 0.717) is 11.3 Å². The molecule has 0 aromatic heterocycles. The van der Waals surface area contributed by atoms with E-state index in [-0.39, 0.29) is 24.2 Å². The third kappa shape index (κ3) is 2.32. The number of amides is 1. The Labute approximate surface area is 110 Å². The first-order chi connectivity index (χ1) is 9.08. The van der Waals surface area contributed by atoms with Gasteiger partial charge in [0, 0.05) is 18.0 Å². The van der Waals surface area contributed by atoms with Crippen LogP contribution in [0.1, 0.15) is 31.7 Å². The third-order valence-electron chi connectivity index (χ3n) is 3.44. The molecule has 1 saturated carbocycles. The van der Waals surface area contributed by atoms with E-state index >= 15 is 0 Å². The maximum atomic E-state index is 13.7. The van der Waals surface area contributed by atoms with E-state index < -0.39 is 5.60 Å². The van der Waals surface area contributed by atoms with Gasteiger partial charge in [0.1, 0.15) is 5.82 Å². The van der Waals surface area contributed by atoms with E-state index in [9.17, 15) is 9.18 Å². The van der Waals surface area contributed by atoms with Gasteiger partial charge in [0.15, 0.2) is 0 Å². The molecule has 1 aliphatic carbocycles. The normalized spacial score (nSPS) is 25.7. The maximum absolute atomic E-state index is 13.7. The highest BCUT2D eigenvalue weighted by atomic mass is 19.1. The van der Waals surface area contributed by atoms with E-state index in [4.69, 9.17) is 4.84 Å². The Morgan fingerprint density at radius 2 is 2.21 bits per heavy atom. The van der Waals surface area contributed by atoms with Gasteiger partial charge in [-0.15, -0.1) is 0 Å². The Hall–Kier alpha value is -1.91. The Kier molecular flexibility index (Phi) is 2.77. The molecule has 1 fully saturated rings. The van der Waals surface area contributed by atoms with Crippen LogP contribution in [0.15, 0.2) is 29.4 Å². The molecule has 19 heavy (non-hydrogen) atoms. The second kappa shape index (κ2) is 4.33. The number of carbonyl (C=O) groups excluding carboxylic acids is 1. The molecule has 1 aromatic carbocycles. The molecule has 1 atom stereocenters. The summed E-state index contributed by atoms with van der Waals surface area (Å²) in [6, 6.07) is 6.64. The van der Waals surface area contributed by atoms with Crippen LogP contribution in [0.25, 0.3) is 0 Å². The van der Waals surface area contributed by atoms with E-state index in [1.807, 2.05) is 0 Å². The molecule has 1 aliphatic heterocycles. The molecule has 1 amide bonds. The van der Waals surface area contributed by atoms with Gasteiger partial charge in [-0.25, -0.2) is 4.39 Å². The highest BCUT2D eigenvalue weighted by molar-refractivity contribution is 6.05. The largest absolute Gasteiger partial charge is 0.379 e. The molecule has 0 radical (unpaired) electrons. The second-order valence-corrected chi connectivity index (χ2v) is 5.26. The Balaban J connectivity index is 1.74. The molecule has 0 spiro atoms. The highest BCUT2D eigenvalue weighted by Gasteiger charge is 2.44. The molecular weight excluding hydrogens is 247 g/mol. The van der Waals surface area contributed by atoms with Gasteiger partial charge < -0.3 is 10.2 Å². The van der Waals surface area contributed by atoms with Gasteiger partial charge in [-0.1, -0.05) is 23.4 Å². The van der Waals surface area contributed by atoms with Crippen molar-refractivity contribution in [2.45, 2.75) is 37.8 Å². The zero-order valence-electron chi connectivity index (χ0n) is 10.6. The predicted molar refractivity (Wildman–Crippen MR) is 68.2 cm³/mol. The number of carbonyl (C=O) groups is 1. The molecule has 100 valence electrons. The summed E-state index contributed by atoms with van der Waals surface area (Å²) in [5, 5.41) is 6.78. The predicted octanol–water partition coefficient (Wildman–Crippen LogP) is 1.99. The molecule has 1 heterocycles. The lowest BCUT2D eigenvalue weighted by molar-refractivity contribution is -0.141. The highest BCUT2D eigenvalue weighted by Crippen LogP contribution is 2.29. The fourth-order valence-corrected chi connectivity index (χ4v) is 2.07. The standard InChI is InChI=1S/C14H15FN2O2/c1-14(13(18)16-9-6-7-9)8-12(17-19-14)10-4-2-3-5-11(10)15/h2-5,9H,6-8H2,1H3,(H,16,18). The second-order valence-electron chi connectivity index (χ2n) is 5.26. The van der Waals surface area contributed by atoms with E-state index in [1.54, 1.807) is 25.1 Å². The van der Waals surface area contributed by atoms with Gasteiger partial charge in [-0.3, -0.25) is 4.79 Å². The minimum absolute atomic E-state index is 0.176. The molecule has 0 saturated heterocycles. The zero-order valence-corrected chi connectivity index (χ0v) is 10.6. The van der Waals surface area contributed by atoms with Crippen LogP contribution in [-0.4, -0.2) is 23.3 Å². The Bertz CT molecular complexity index is 554. The number of rotatable bonds is 3. The van der Waals surface area contributed by atoms with Crippen LogP contribution < -0.4 is 5.32 Å². The number of hydrogen-bond acceptors (Lipinski definition) is 3. The summed E-state index contributed by atoms with van der Waals surface area (Å²) < 4.78 is 13.7. The topological polar surface area (TPSA) is 50.7 Å². The summed E-state index contributed by atoms with van der Waals surface area (Å²) in [5.41, 5.74) is -0.155. The SMILES string of the molecule is CC1(C(=O)NC2CC2)CC(c2ccccc2F)=NO1. The first-order valence-electron chi connectivity index (χ1n) is 6.39. The van der Waals surface area contributed by atoms with Gasteiger partial charge in [0.2, 0.25) is 5.60 Å². The molecule has 1 N–H and O–H groups in total. The average Bonchev–Trinajstić information content (AvgIpc) is 3.11. The lowest BCUT2D eigenvalue weighted by Gasteiger charge is -2.20. The van der Waals surface area contributed by atoms with Gasteiger partial charge >= 0.3 is 0 Å². The van der Waals surface area contributed by atoms with Crippen LogP contribution in [0, 0.1) is 5.82 Å². The Morgan fingerprint density at radius 1 is 1.47 bits per heavy atom. The maximum Gasteiger partial charge on any atom is 0.267 e. The number of benzene rings is 1. The van der Waals surface area contributed by atoms with Crippen LogP contribution in [-0.2, 0) is 9.63 Å². The summed E-state index contributed by atoms with van der Waals surface area (Å²) in [5.74, 6) is -0.526. The summed E-state index contributed by atoms with van der Waals surface area (Å²) in [4.78, 5) is 17.3.